The fourth-order valence-corrected chi connectivity index (χ4v) is 2.51. The van der Waals surface area contributed by atoms with Crippen molar-refractivity contribution < 1.29 is 17.8 Å². The van der Waals surface area contributed by atoms with Crippen LogP contribution >= 0.6 is 0 Å². The van der Waals surface area contributed by atoms with Gasteiger partial charge in [0.05, 0.1) is 27.5 Å². The van der Waals surface area contributed by atoms with Gasteiger partial charge in [0, 0.05) is 16.2 Å². The van der Waals surface area contributed by atoms with Crippen LogP contribution in [0.3, 0.4) is 0 Å². The van der Waals surface area contributed by atoms with Crippen LogP contribution in [0.2, 0.25) is 0 Å². The monoisotopic (exact) mass is 291 g/mol. The van der Waals surface area contributed by atoms with Gasteiger partial charge in [-0.05, 0) is 25.4 Å². The molecular formula is C15H15N3O3. The Morgan fingerprint density at radius 2 is 2.24 bits per heavy atom. The third kappa shape index (κ3) is 2.12. The van der Waals surface area contributed by atoms with Crippen LogP contribution in [0.25, 0.3) is 10.9 Å². The fourth-order valence-electron chi connectivity index (χ4n) is 2.51. The number of ketones is 2. The van der Waals surface area contributed by atoms with Crippen molar-refractivity contribution in [1.82, 2.24) is 9.55 Å². The molecule has 0 radical (unpaired) electrons. The number of aryl methyl sites for hydroxylation is 1. The first kappa shape index (κ1) is 8.07. The van der Waals surface area contributed by atoms with E-state index in [4.69, 9.17) is 14.0 Å². The van der Waals surface area contributed by atoms with E-state index in [0.29, 0.717) is 4.57 Å². The van der Waals surface area contributed by atoms with Crippen LogP contribution in [-0.4, -0.2) is 21.1 Å². The fraction of sp³-hybridized carbons (Fsp3) is 0.333. The third-order valence-electron chi connectivity index (χ3n) is 3.51. The van der Waals surface area contributed by atoms with Crippen LogP contribution in [0, 0.1) is 6.85 Å². The first-order chi connectivity index (χ1) is 12.4. The number of hydrogen-bond donors (Lipinski definition) is 1. The Bertz CT molecular complexity index is 1060. The minimum absolute atomic E-state index is 0.00977. The molecule has 1 aliphatic carbocycles. The second-order valence-corrected chi connectivity index (χ2v) is 4.86. The van der Waals surface area contributed by atoms with Crippen molar-refractivity contribution in [3.63, 3.8) is 0 Å². The number of hydrogen-bond acceptors (Lipinski definition) is 5. The van der Waals surface area contributed by atoms with Gasteiger partial charge in [0.25, 0.3) is 5.56 Å². The molecule has 1 aromatic carbocycles. The maximum atomic E-state index is 13.1. The molecular weight excluding hydrogens is 270 g/mol. The molecule has 1 fully saturated rings. The number of Topliss-reactive ketones (excluding diaryl/α,β-unsaturated/α-hetero) is 2. The second kappa shape index (κ2) is 4.80. The summed E-state index contributed by atoms with van der Waals surface area (Å²) >= 11 is 0. The van der Waals surface area contributed by atoms with Gasteiger partial charge in [-0.3, -0.25) is 19.0 Å². The Morgan fingerprint density at radius 3 is 2.95 bits per heavy atom. The molecule has 0 aliphatic heterocycles. The summed E-state index contributed by atoms with van der Waals surface area (Å²) in [6.45, 7) is -2.89. The molecule has 0 saturated heterocycles. The molecule has 108 valence electrons. The van der Waals surface area contributed by atoms with Crippen molar-refractivity contribution in [3.8, 4) is 0 Å². The molecule has 0 amide bonds. The van der Waals surface area contributed by atoms with E-state index in [1.807, 2.05) is 0 Å². The molecule has 1 atom stereocenters. The molecule has 3 rings (SSSR count). The first-order valence-corrected chi connectivity index (χ1v) is 6.31. The third-order valence-corrected chi connectivity index (χ3v) is 3.51. The lowest BCUT2D eigenvalue weighted by Crippen LogP contribution is -2.36. The Labute approximate surface area is 129 Å². The predicted molar refractivity (Wildman–Crippen MR) is 78.1 cm³/mol. The summed E-state index contributed by atoms with van der Waals surface area (Å²) in [5.74, 6) is -1.61. The van der Waals surface area contributed by atoms with Gasteiger partial charge >= 0.3 is 0 Å². The van der Waals surface area contributed by atoms with Crippen LogP contribution < -0.4 is 11.3 Å². The van der Waals surface area contributed by atoms with E-state index in [-0.39, 0.29) is 24.0 Å². The predicted octanol–water partition coefficient (Wildman–Crippen LogP) is 1.15. The number of aromatic nitrogens is 2. The summed E-state index contributed by atoms with van der Waals surface area (Å²) in [7, 11) is 0. The van der Waals surface area contributed by atoms with Crippen molar-refractivity contribution in [2.45, 2.75) is 32.2 Å². The summed E-state index contributed by atoms with van der Waals surface area (Å²) in [6.07, 6.45) is -0.453. The standard InChI is InChI=1S/C15H15N3O3/c1-8-17-11-4-2-3-10(16)14(11)15(21)18(8)12-6-5-9(19)7-13(12)20/h2-4,12H,5-7,16H2,1H3/t12-/m0/s1/i1D3,2D,3D,4D. The minimum atomic E-state index is -2.89. The van der Waals surface area contributed by atoms with E-state index < -0.39 is 65.8 Å². The van der Waals surface area contributed by atoms with Crippen LogP contribution in [-0.2, 0) is 9.59 Å². The lowest BCUT2D eigenvalue weighted by atomic mass is 9.92. The number of carbonyl (C=O) groups is 2. The number of rotatable bonds is 1. The van der Waals surface area contributed by atoms with E-state index in [1.54, 1.807) is 0 Å². The maximum absolute atomic E-state index is 13.1. The van der Waals surface area contributed by atoms with Gasteiger partial charge in [-0.15, -0.1) is 0 Å². The van der Waals surface area contributed by atoms with Gasteiger partial charge in [0.2, 0.25) is 0 Å². The quantitative estimate of drug-likeness (QED) is 0.628. The molecule has 2 N–H and O–H groups in total. The van der Waals surface area contributed by atoms with Crippen molar-refractivity contribution in [1.29, 1.82) is 0 Å². The summed E-state index contributed by atoms with van der Waals surface area (Å²) in [5.41, 5.74) is 3.99. The highest BCUT2D eigenvalue weighted by Gasteiger charge is 2.30. The zero-order valence-electron chi connectivity index (χ0n) is 16.9. The highest BCUT2D eigenvalue weighted by atomic mass is 16.2. The zero-order chi connectivity index (χ0) is 20.3. The smallest absolute Gasteiger partial charge is 0.264 e. The number of nitrogen functional groups attached to an aromatic ring is 1. The largest absolute Gasteiger partial charge is 0.398 e. The van der Waals surface area contributed by atoms with Crippen molar-refractivity contribution >= 4 is 28.2 Å². The average Bonchev–Trinajstić information content (AvgIpc) is 2.57. The van der Waals surface area contributed by atoms with E-state index in [2.05, 4.69) is 4.98 Å². The van der Waals surface area contributed by atoms with Gasteiger partial charge < -0.3 is 5.73 Å². The number of carbonyl (C=O) groups excluding carboxylic acids is 2. The molecule has 6 heteroatoms. The van der Waals surface area contributed by atoms with Crippen molar-refractivity contribution in [2.24, 2.45) is 0 Å². The van der Waals surface area contributed by atoms with E-state index in [9.17, 15) is 14.4 Å². The molecule has 2 aromatic rings. The Balaban J connectivity index is 2.46. The SMILES string of the molecule is [2H]c1c([2H])c(N)c2c(=O)n([C@H]3CCC(=O)CC3=O)c(C([2H])([2H])[2H])nc2c1[2H]. The highest BCUT2D eigenvalue weighted by molar-refractivity contribution is 6.03. The molecule has 1 saturated carbocycles. The summed E-state index contributed by atoms with van der Waals surface area (Å²) < 4.78 is 47.2. The number of anilines is 1. The molecule has 0 bridgehead atoms. The molecule has 1 heterocycles. The summed E-state index contributed by atoms with van der Waals surface area (Å²) in [4.78, 5) is 40.8. The van der Waals surface area contributed by atoms with Crippen LogP contribution in [0.4, 0.5) is 5.69 Å². The maximum Gasteiger partial charge on any atom is 0.264 e. The first-order valence-electron chi connectivity index (χ1n) is 9.31. The van der Waals surface area contributed by atoms with Gasteiger partial charge in [-0.1, -0.05) is 6.04 Å². The molecule has 0 spiro atoms. The molecule has 1 aliphatic rings. The summed E-state index contributed by atoms with van der Waals surface area (Å²) in [6, 6.07) is -2.92. The second-order valence-electron chi connectivity index (χ2n) is 4.86. The van der Waals surface area contributed by atoms with Gasteiger partial charge in [0.15, 0.2) is 5.78 Å². The molecule has 21 heavy (non-hydrogen) atoms. The van der Waals surface area contributed by atoms with Crippen LogP contribution in [0.1, 0.15) is 39.4 Å². The van der Waals surface area contributed by atoms with Crippen LogP contribution in [0.5, 0.6) is 0 Å². The molecule has 0 unspecified atom stereocenters. The minimum Gasteiger partial charge on any atom is -0.398 e. The highest BCUT2D eigenvalue weighted by Crippen LogP contribution is 2.24. The summed E-state index contributed by atoms with van der Waals surface area (Å²) in [5, 5.41) is -0.376. The molecule has 6 nitrogen and oxygen atoms in total. The Kier molecular flexibility index (Phi) is 1.84. The lowest BCUT2D eigenvalue weighted by Gasteiger charge is -2.24. The number of nitrogens with two attached hydrogens (primary N) is 1. The van der Waals surface area contributed by atoms with Crippen molar-refractivity contribution in [2.75, 3.05) is 5.73 Å². The van der Waals surface area contributed by atoms with Gasteiger partial charge in [-0.25, -0.2) is 4.98 Å². The van der Waals surface area contributed by atoms with Gasteiger partial charge in [-0.2, -0.15) is 0 Å². The van der Waals surface area contributed by atoms with E-state index in [1.165, 1.54) is 0 Å². The molecule has 1 aromatic heterocycles. The zero-order valence-corrected chi connectivity index (χ0v) is 10.9. The number of fused-ring (bicyclic) bond motifs is 1. The Hall–Kier alpha value is -2.50. The van der Waals surface area contributed by atoms with E-state index in [0.717, 1.165) is 0 Å². The topological polar surface area (TPSA) is 95.0 Å². The van der Waals surface area contributed by atoms with Crippen molar-refractivity contribution in [3.05, 3.63) is 34.3 Å². The number of nitrogens with zero attached hydrogens (tertiary/aromatic N) is 2. The van der Waals surface area contributed by atoms with Crippen LogP contribution in [0.15, 0.2) is 22.9 Å². The van der Waals surface area contributed by atoms with E-state index >= 15 is 0 Å². The number of benzene rings is 1. The lowest BCUT2D eigenvalue weighted by molar-refractivity contribution is -0.132. The normalized spacial score (nSPS) is 23.9. The Morgan fingerprint density at radius 1 is 1.43 bits per heavy atom. The average molecular weight is 291 g/mol. The van der Waals surface area contributed by atoms with Gasteiger partial charge in [0.1, 0.15) is 11.6 Å².